The Labute approximate surface area is 144 Å². The third-order valence-electron chi connectivity index (χ3n) is 3.62. The summed E-state index contributed by atoms with van der Waals surface area (Å²) in [5.41, 5.74) is 4.22. The number of aryl methyl sites for hydroxylation is 1. The minimum Gasteiger partial charge on any atom is -0.452 e. The Hall–Kier alpha value is -2.14. The monoisotopic (exact) mass is 375 g/mol. The molecule has 1 N–H and O–H groups in total. The zero-order valence-corrected chi connectivity index (χ0v) is 14.9. The van der Waals surface area contributed by atoms with Crippen LogP contribution in [-0.2, 0) is 9.53 Å². The quantitative estimate of drug-likeness (QED) is 0.815. The van der Waals surface area contributed by atoms with Crippen LogP contribution in [-0.4, -0.2) is 18.5 Å². The summed E-state index contributed by atoms with van der Waals surface area (Å²) in [6, 6.07) is 10.7. The van der Waals surface area contributed by atoms with Crippen molar-refractivity contribution in [2.45, 2.75) is 20.8 Å². The molecule has 0 fully saturated rings. The maximum absolute atomic E-state index is 12.0. The fourth-order valence-corrected chi connectivity index (χ4v) is 2.44. The van der Waals surface area contributed by atoms with Crippen LogP contribution in [0.5, 0.6) is 0 Å². The summed E-state index contributed by atoms with van der Waals surface area (Å²) in [7, 11) is 0. The lowest BCUT2D eigenvalue weighted by molar-refractivity contribution is -0.119. The van der Waals surface area contributed by atoms with E-state index in [2.05, 4.69) is 21.2 Å². The van der Waals surface area contributed by atoms with Crippen molar-refractivity contribution in [1.82, 2.24) is 0 Å². The highest BCUT2D eigenvalue weighted by atomic mass is 79.9. The van der Waals surface area contributed by atoms with Crippen LogP contribution in [0.1, 0.15) is 27.0 Å². The first kappa shape index (κ1) is 17.2. The predicted octanol–water partition coefficient (Wildman–Crippen LogP) is 4.17. The van der Waals surface area contributed by atoms with E-state index in [1.54, 1.807) is 12.1 Å². The van der Waals surface area contributed by atoms with E-state index in [4.69, 9.17) is 4.74 Å². The maximum atomic E-state index is 12.0. The summed E-state index contributed by atoms with van der Waals surface area (Å²) in [6.45, 7) is 5.51. The number of hydrogen-bond acceptors (Lipinski definition) is 3. The van der Waals surface area contributed by atoms with Crippen molar-refractivity contribution in [3.8, 4) is 0 Å². The molecule has 5 heteroatoms. The van der Waals surface area contributed by atoms with E-state index < -0.39 is 5.97 Å². The van der Waals surface area contributed by atoms with Crippen molar-refractivity contribution in [3.05, 3.63) is 63.1 Å². The van der Waals surface area contributed by atoms with Gasteiger partial charge in [0.25, 0.3) is 5.91 Å². The highest BCUT2D eigenvalue weighted by Crippen LogP contribution is 2.25. The number of esters is 1. The van der Waals surface area contributed by atoms with Crippen molar-refractivity contribution >= 4 is 33.5 Å². The summed E-state index contributed by atoms with van der Waals surface area (Å²) in [5, 5.41) is 2.76. The molecule has 0 atom stereocenters. The molecule has 0 aromatic heterocycles. The van der Waals surface area contributed by atoms with Gasteiger partial charge in [-0.3, -0.25) is 4.79 Å². The van der Waals surface area contributed by atoms with E-state index in [1.165, 1.54) is 0 Å². The molecule has 2 aromatic carbocycles. The molecular formula is C18H18BrNO3. The molecule has 0 saturated carbocycles. The van der Waals surface area contributed by atoms with Crippen LogP contribution in [0.4, 0.5) is 5.69 Å². The molecule has 23 heavy (non-hydrogen) atoms. The molecule has 0 radical (unpaired) electrons. The minimum atomic E-state index is -0.510. The van der Waals surface area contributed by atoms with Gasteiger partial charge < -0.3 is 10.1 Å². The van der Waals surface area contributed by atoms with Gasteiger partial charge in [-0.05, 0) is 56.2 Å². The van der Waals surface area contributed by atoms with Crippen LogP contribution in [0.3, 0.4) is 0 Å². The van der Waals surface area contributed by atoms with Gasteiger partial charge in [-0.2, -0.15) is 0 Å². The van der Waals surface area contributed by atoms with Crippen molar-refractivity contribution < 1.29 is 14.3 Å². The number of benzene rings is 2. The summed E-state index contributed by atoms with van der Waals surface area (Å²) in [4.78, 5) is 23.8. The molecule has 0 saturated heterocycles. The van der Waals surface area contributed by atoms with Crippen LogP contribution >= 0.6 is 15.9 Å². The Morgan fingerprint density at radius 1 is 1.00 bits per heavy atom. The minimum absolute atomic E-state index is 0.318. The molecule has 2 rings (SSSR count). The zero-order valence-electron chi connectivity index (χ0n) is 13.3. The predicted molar refractivity (Wildman–Crippen MR) is 93.7 cm³/mol. The van der Waals surface area contributed by atoms with E-state index in [0.29, 0.717) is 11.3 Å². The smallest absolute Gasteiger partial charge is 0.338 e. The molecule has 0 aliphatic heterocycles. The Morgan fingerprint density at radius 2 is 1.65 bits per heavy atom. The molecule has 0 aliphatic rings. The fourth-order valence-electron chi connectivity index (χ4n) is 2.01. The average Bonchev–Trinajstić information content (AvgIpc) is 2.54. The van der Waals surface area contributed by atoms with Crippen LogP contribution in [0.2, 0.25) is 0 Å². The molecule has 0 heterocycles. The molecule has 120 valence electrons. The van der Waals surface area contributed by atoms with E-state index in [9.17, 15) is 9.59 Å². The molecule has 4 nitrogen and oxygen atoms in total. The lowest BCUT2D eigenvalue weighted by Crippen LogP contribution is -2.21. The van der Waals surface area contributed by atoms with Gasteiger partial charge in [0.15, 0.2) is 6.61 Å². The maximum Gasteiger partial charge on any atom is 0.338 e. The SMILES string of the molecule is Cc1ccc(C(=O)OCC(=O)Nc2ccc(Br)c(C)c2C)cc1. The second-order valence-corrected chi connectivity index (χ2v) is 6.19. The van der Waals surface area contributed by atoms with Gasteiger partial charge in [0, 0.05) is 10.2 Å². The van der Waals surface area contributed by atoms with Crippen molar-refractivity contribution in [2.75, 3.05) is 11.9 Å². The number of ether oxygens (including phenoxy) is 1. The standard InChI is InChI=1S/C18H18BrNO3/c1-11-4-6-14(7-5-11)18(22)23-10-17(21)20-16-9-8-15(19)12(2)13(16)3/h4-9H,10H2,1-3H3,(H,20,21). The van der Waals surface area contributed by atoms with Crippen LogP contribution in [0.25, 0.3) is 0 Å². The third kappa shape index (κ3) is 4.42. The van der Waals surface area contributed by atoms with E-state index in [1.807, 2.05) is 45.0 Å². The molecule has 1 amide bonds. The number of hydrogen-bond donors (Lipinski definition) is 1. The summed E-state index contributed by atoms with van der Waals surface area (Å²) >= 11 is 3.45. The highest BCUT2D eigenvalue weighted by molar-refractivity contribution is 9.10. The highest BCUT2D eigenvalue weighted by Gasteiger charge is 2.12. The van der Waals surface area contributed by atoms with Crippen LogP contribution in [0.15, 0.2) is 40.9 Å². The molecule has 0 unspecified atom stereocenters. The summed E-state index contributed by atoms with van der Waals surface area (Å²) < 4.78 is 6.02. The van der Waals surface area contributed by atoms with Gasteiger partial charge in [0.2, 0.25) is 0 Å². The molecule has 2 aromatic rings. The summed E-state index contributed by atoms with van der Waals surface area (Å²) in [5.74, 6) is -0.876. The number of rotatable bonds is 4. The number of halogens is 1. The number of carbonyl (C=O) groups excluding carboxylic acids is 2. The van der Waals surface area contributed by atoms with Gasteiger partial charge in [-0.15, -0.1) is 0 Å². The van der Waals surface area contributed by atoms with Crippen molar-refractivity contribution in [2.24, 2.45) is 0 Å². The Kier molecular flexibility index (Phi) is 5.55. The normalized spacial score (nSPS) is 10.3. The Morgan fingerprint density at radius 3 is 2.30 bits per heavy atom. The van der Waals surface area contributed by atoms with E-state index in [-0.39, 0.29) is 12.5 Å². The number of amides is 1. The topological polar surface area (TPSA) is 55.4 Å². The molecule has 0 aliphatic carbocycles. The molecule has 0 spiro atoms. The second kappa shape index (κ2) is 7.42. The molecule has 0 bridgehead atoms. The zero-order chi connectivity index (χ0) is 17.0. The van der Waals surface area contributed by atoms with Gasteiger partial charge in [-0.1, -0.05) is 33.6 Å². The third-order valence-corrected chi connectivity index (χ3v) is 4.48. The van der Waals surface area contributed by atoms with Crippen molar-refractivity contribution in [3.63, 3.8) is 0 Å². The van der Waals surface area contributed by atoms with E-state index >= 15 is 0 Å². The first-order valence-electron chi connectivity index (χ1n) is 7.18. The summed E-state index contributed by atoms with van der Waals surface area (Å²) in [6.07, 6.45) is 0. The molecular weight excluding hydrogens is 358 g/mol. The Balaban J connectivity index is 1.94. The van der Waals surface area contributed by atoms with Crippen molar-refractivity contribution in [1.29, 1.82) is 0 Å². The number of anilines is 1. The second-order valence-electron chi connectivity index (χ2n) is 5.34. The van der Waals surface area contributed by atoms with Gasteiger partial charge in [-0.25, -0.2) is 4.79 Å². The average molecular weight is 376 g/mol. The van der Waals surface area contributed by atoms with Gasteiger partial charge >= 0.3 is 5.97 Å². The number of nitrogens with one attached hydrogen (secondary N) is 1. The van der Waals surface area contributed by atoms with Crippen LogP contribution in [0, 0.1) is 20.8 Å². The first-order valence-corrected chi connectivity index (χ1v) is 7.97. The fraction of sp³-hybridized carbons (Fsp3) is 0.222. The van der Waals surface area contributed by atoms with E-state index in [0.717, 1.165) is 21.2 Å². The van der Waals surface area contributed by atoms with Gasteiger partial charge in [0.05, 0.1) is 5.56 Å². The largest absolute Gasteiger partial charge is 0.452 e. The lowest BCUT2D eigenvalue weighted by Gasteiger charge is -2.12. The number of carbonyl (C=O) groups is 2. The Bertz CT molecular complexity index is 739. The van der Waals surface area contributed by atoms with Crippen LogP contribution < -0.4 is 5.32 Å². The first-order chi connectivity index (χ1) is 10.9. The lowest BCUT2D eigenvalue weighted by atomic mass is 10.1. The van der Waals surface area contributed by atoms with Gasteiger partial charge in [0.1, 0.15) is 0 Å².